The highest BCUT2D eigenvalue weighted by Crippen LogP contribution is 2.22. The van der Waals surface area contributed by atoms with Gasteiger partial charge in [0.25, 0.3) is 5.78 Å². The van der Waals surface area contributed by atoms with Gasteiger partial charge in [0, 0.05) is 18.4 Å². The summed E-state index contributed by atoms with van der Waals surface area (Å²) >= 11 is 1.28. The van der Waals surface area contributed by atoms with Crippen LogP contribution < -0.4 is 0 Å². The lowest BCUT2D eigenvalue weighted by Gasteiger charge is -2.25. The molecule has 8 heteroatoms. The molecule has 6 nitrogen and oxygen atoms in total. The van der Waals surface area contributed by atoms with E-state index in [-0.39, 0.29) is 23.5 Å². The average Bonchev–Trinajstić information content (AvgIpc) is 3.06. The number of hydrogen-bond acceptors (Lipinski definition) is 5. The fraction of sp³-hybridized carbons (Fsp3) is 0.368. The van der Waals surface area contributed by atoms with Gasteiger partial charge in [0.2, 0.25) is 11.1 Å². The minimum absolute atomic E-state index is 0.0484. The van der Waals surface area contributed by atoms with Crippen LogP contribution >= 0.6 is 11.8 Å². The molecule has 0 saturated carbocycles. The minimum Gasteiger partial charge on any atom is -0.338 e. The van der Waals surface area contributed by atoms with Crippen LogP contribution in [0.25, 0.3) is 5.78 Å². The molecule has 2 heterocycles. The second-order valence-electron chi connectivity index (χ2n) is 6.53. The molecule has 1 aromatic carbocycles. The van der Waals surface area contributed by atoms with Crippen molar-refractivity contribution in [3.8, 4) is 0 Å². The Kier molecular flexibility index (Phi) is 5.46. The first-order chi connectivity index (χ1) is 12.8. The zero-order valence-electron chi connectivity index (χ0n) is 16.0. The van der Waals surface area contributed by atoms with Crippen molar-refractivity contribution in [2.24, 2.45) is 0 Å². The van der Waals surface area contributed by atoms with E-state index in [1.165, 1.54) is 23.9 Å². The van der Waals surface area contributed by atoms with Crippen LogP contribution in [-0.2, 0) is 4.79 Å². The summed E-state index contributed by atoms with van der Waals surface area (Å²) in [7, 11) is 1.74. The van der Waals surface area contributed by atoms with Crippen LogP contribution in [0.1, 0.15) is 35.5 Å². The Labute approximate surface area is 161 Å². The van der Waals surface area contributed by atoms with Gasteiger partial charge < -0.3 is 4.90 Å². The van der Waals surface area contributed by atoms with Gasteiger partial charge in [-0.15, -0.1) is 5.10 Å². The van der Waals surface area contributed by atoms with Crippen molar-refractivity contribution < 1.29 is 9.18 Å². The fourth-order valence-electron chi connectivity index (χ4n) is 2.71. The number of nitrogens with zero attached hydrogens (tertiary/aromatic N) is 5. The highest BCUT2D eigenvalue weighted by molar-refractivity contribution is 7.99. The maximum atomic E-state index is 13.1. The number of halogens is 1. The predicted molar refractivity (Wildman–Crippen MR) is 103 cm³/mol. The second-order valence-corrected chi connectivity index (χ2v) is 7.48. The van der Waals surface area contributed by atoms with Crippen molar-refractivity contribution in [3.05, 3.63) is 52.6 Å². The lowest BCUT2D eigenvalue weighted by molar-refractivity contribution is -0.128. The largest absolute Gasteiger partial charge is 0.338 e. The van der Waals surface area contributed by atoms with E-state index in [1.54, 1.807) is 28.6 Å². The van der Waals surface area contributed by atoms with Crippen LogP contribution in [0.3, 0.4) is 0 Å². The normalized spacial score (nSPS) is 12.4. The number of rotatable bonds is 5. The molecule has 0 unspecified atom stereocenters. The highest BCUT2D eigenvalue weighted by Gasteiger charge is 2.19. The van der Waals surface area contributed by atoms with Crippen molar-refractivity contribution in [3.63, 3.8) is 0 Å². The van der Waals surface area contributed by atoms with Gasteiger partial charge in [-0.05, 0) is 51.0 Å². The lowest BCUT2D eigenvalue weighted by atomic mass is 10.1. The van der Waals surface area contributed by atoms with E-state index in [2.05, 4.69) is 15.1 Å². The molecule has 142 valence electrons. The van der Waals surface area contributed by atoms with Crippen molar-refractivity contribution in [2.75, 3.05) is 12.8 Å². The molecule has 0 radical (unpaired) electrons. The molecule has 1 amide bonds. The molecule has 0 aliphatic carbocycles. The van der Waals surface area contributed by atoms with E-state index in [9.17, 15) is 9.18 Å². The van der Waals surface area contributed by atoms with Crippen LogP contribution in [0.15, 0.2) is 29.4 Å². The molecule has 0 aliphatic heterocycles. The summed E-state index contributed by atoms with van der Waals surface area (Å²) in [6, 6.07) is 6.04. The van der Waals surface area contributed by atoms with E-state index in [0.29, 0.717) is 10.9 Å². The fourth-order valence-corrected chi connectivity index (χ4v) is 3.45. The SMILES string of the molecule is Cc1nc2nc(SCC(=O)N(C)[C@@H](C)c3ccc(F)cc3)nn2c(C)c1C. The smallest absolute Gasteiger partial charge is 0.253 e. The average molecular weight is 387 g/mol. The van der Waals surface area contributed by atoms with Crippen LogP contribution in [0.2, 0.25) is 0 Å². The Morgan fingerprint density at radius 1 is 1.22 bits per heavy atom. The molecule has 0 bridgehead atoms. The maximum absolute atomic E-state index is 13.1. The molecule has 3 aromatic rings. The third-order valence-corrected chi connectivity index (χ3v) is 5.72. The Morgan fingerprint density at radius 3 is 2.56 bits per heavy atom. The third-order valence-electron chi connectivity index (χ3n) is 4.89. The van der Waals surface area contributed by atoms with Gasteiger partial charge in [0.05, 0.1) is 11.8 Å². The van der Waals surface area contributed by atoms with E-state index in [0.717, 1.165) is 22.5 Å². The van der Waals surface area contributed by atoms with Gasteiger partial charge in [0.1, 0.15) is 5.82 Å². The zero-order valence-corrected chi connectivity index (χ0v) is 16.8. The minimum atomic E-state index is -0.289. The standard InChI is InChI=1S/C19H22FN5OS/c1-11-12(2)21-18-22-19(23-25(18)13(11)3)27-10-17(26)24(5)14(4)15-6-8-16(20)9-7-15/h6-9,14H,10H2,1-5H3/t14-/m0/s1. The Balaban J connectivity index is 1.69. The summed E-state index contributed by atoms with van der Waals surface area (Å²) < 4.78 is 14.8. The lowest BCUT2D eigenvalue weighted by Crippen LogP contribution is -2.31. The Bertz CT molecular complexity index is 986. The summed E-state index contributed by atoms with van der Waals surface area (Å²) in [4.78, 5) is 23.0. The van der Waals surface area contributed by atoms with E-state index >= 15 is 0 Å². The van der Waals surface area contributed by atoms with Crippen LogP contribution in [0.5, 0.6) is 0 Å². The maximum Gasteiger partial charge on any atom is 0.253 e. The van der Waals surface area contributed by atoms with E-state index < -0.39 is 0 Å². The summed E-state index contributed by atoms with van der Waals surface area (Å²) in [5.74, 6) is 0.421. The summed E-state index contributed by atoms with van der Waals surface area (Å²) in [6.07, 6.45) is 0. The zero-order chi connectivity index (χ0) is 19.7. The van der Waals surface area contributed by atoms with Gasteiger partial charge in [-0.25, -0.2) is 13.9 Å². The monoisotopic (exact) mass is 387 g/mol. The Morgan fingerprint density at radius 2 is 1.89 bits per heavy atom. The molecule has 0 N–H and O–H groups in total. The topological polar surface area (TPSA) is 63.4 Å². The first-order valence-electron chi connectivity index (χ1n) is 8.62. The first kappa shape index (κ1) is 19.3. The molecule has 2 aromatic heterocycles. The molecule has 3 rings (SSSR count). The molecule has 27 heavy (non-hydrogen) atoms. The number of hydrogen-bond donors (Lipinski definition) is 0. The van der Waals surface area contributed by atoms with E-state index in [1.807, 2.05) is 27.7 Å². The molecular formula is C19H22FN5OS. The number of carbonyl (C=O) groups is 1. The number of benzene rings is 1. The summed E-state index contributed by atoms with van der Waals surface area (Å²) in [6.45, 7) is 7.83. The van der Waals surface area contributed by atoms with Crippen molar-refractivity contribution in [1.29, 1.82) is 0 Å². The molecule has 1 atom stereocenters. The number of amides is 1. The quantitative estimate of drug-likeness (QED) is 0.627. The van der Waals surface area contributed by atoms with Gasteiger partial charge in [-0.2, -0.15) is 4.98 Å². The number of carbonyl (C=O) groups excluding carboxylic acids is 1. The predicted octanol–water partition coefficient (Wildman–Crippen LogP) is 3.50. The molecular weight excluding hydrogens is 365 g/mol. The summed E-state index contributed by atoms with van der Waals surface area (Å²) in [5.41, 5.74) is 3.87. The number of fused-ring (bicyclic) bond motifs is 1. The van der Waals surface area contributed by atoms with Crippen LogP contribution in [-0.4, -0.2) is 43.2 Å². The van der Waals surface area contributed by atoms with Gasteiger partial charge >= 0.3 is 0 Å². The third kappa shape index (κ3) is 3.95. The van der Waals surface area contributed by atoms with E-state index in [4.69, 9.17) is 0 Å². The van der Waals surface area contributed by atoms with Crippen molar-refractivity contribution in [1.82, 2.24) is 24.5 Å². The molecule has 0 spiro atoms. The first-order valence-corrected chi connectivity index (χ1v) is 9.61. The van der Waals surface area contributed by atoms with Gasteiger partial charge in [0.15, 0.2) is 0 Å². The molecule has 0 aliphatic rings. The summed E-state index contributed by atoms with van der Waals surface area (Å²) in [5, 5.41) is 4.97. The number of aryl methyl sites for hydroxylation is 2. The van der Waals surface area contributed by atoms with Gasteiger partial charge in [-0.3, -0.25) is 4.79 Å². The number of aromatic nitrogens is 4. The van der Waals surface area contributed by atoms with Crippen molar-refractivity contribution in [2.45, 2.75) is 38.9 Å². The second kappa shape index (κ2) is 7.64. The number of thioether (sulfide) groups is 1. The molecule has 0 saturated heterocycles. The van der Waals surface area contributed by atoms with Crippen molar-refractivity contribution >= 4 is 23.4 Å². The molecule has 0 fully saturated rings. The van der Waals surface area contributed by atoms with Crippen LogP contribution in [0, 0.1) is 26.6 Å². The van der Waals surface area contributed by atoms with Gasteiger partial charge in [-0.1, -0.05) is 23.9 Å². The highest BCUT2D eigenvalue weighted by atomic mass is 32.2. The van der Waals surface area contributed by atoms with Crippen LogP contribution in [0.4, 0.5) is 4.39 Å². The Hall–Kier alpha value is -2.48.